The van der Waals surface area contributed by atoms with Gasteiger partial charge in [0.2, 0.25) is 0 Å². The van der Waals surface area contributed by atoms with Gasteiger partial charge in [0.05, 0.1) is 7.11 Å². The number of methoxy groups -OCH3 is 1. The normalized spacial score (nSPS) is 12.0. The minimum Gasteiger partial charge on any atom is -0.496 e. The maximum atomic E-state index is 12.6. The molecule has 0 aliphatic rings. The Kier molecular flexibility index (Phi) is 4.71. The molecule has 124 valence electrons. The Labute approximate surface area is 148 Å². The van der Waals surface area contributed by atoms with Gasteiger partial charge in [-0.15, -0.1) is 0 Å². The van der Waals surface area contributed by atoms with Crippen LogP contribution in [-0.4, -0.2) is 27.6 Å². The summed E-state index contributed by atoms with van der Waals surface area (Å²) in [6, 6.07) is 8.88. The molecule has 3 aromatic rings. The number of halogens is 1. The number of aromatic amines is 1. The molecule has 0 saturated carbocycles. The summed E-state index contributed by atoms with van der Waals surface area (Å²) in [5, 5.41) is 3.03. The van der Waals surface area contributed by atoms with Crippen LogP contribution in [0.4, 0.5) is 0 Å². The number of ether oxygens (including phenoxy) is 1. The molecule has 3 rings (SSSR count). The summed E-state index contributed by atoms with van der Waals surface area (Å²) in [5.74, 6) is 1.19. The first-order valence-corrected chi connectivity index (χ1v) is 8.14. The lowest BCUT2D eigenvalue weighted by Crippen LogP contribution is -2.31. The molecule has 0 aliphatic heterocycles. The van der Waals surface area contributed by atoms with E-state index in [0.717, 1.165) is 15.9 Å². The molecular formula is C17H17BrN4O2. The van der Waals surface area contributed by atoms with Crippen molar-refractivity contribution < 1.29 is 9.53 Å². The smallest absolute Gasteiger partial charge is 0.268 e. The highest BCUT2D eigenvalue weighted by Crippen LogP contribution is 2.29. The van der Waals surface area contributed by atoms with Crippen LogP contribution in [0.15, 0.2) is 53.4 Å². The number of nitrogens with zero attached hydrogens (tertiary/aromatic N) is 2. The molecule has 0 fully saturated rings. The molecule has 24 heavy (non-hydrogen) atoms. The fraction of sp³-hybridized carbons (Fsp3) is 0.176. The van der Waals surface area contributed by atoms with E-state index < -0.39 is 6.04 Å². The van der Waals surface area contributed by atoms with Crippen LogP contribution in [0, 0.1) is 0 Å². The molecule has 0 saturated heterocycles. The summed E-state index contributed by atoms with van der Waals surface area (Å²) in [4.78, 5) is 19.9. The summed E-state index contributed by atoms with van der Waals surface area (Å²) >= 11 is 3.34. The quantitative estimate of drug-likeness (QED) is 0.705. The number of hydrogen-bond donors (Lipinski definition) is 2. The van der Waals surface area contributed by atoms with Crippen LogP contribution in [0.25, 0.3) is 0 Å². The Morgan fingerprint density at radius 2 is 2.21 bits per heavy atom. The molecule has 1 amide bonds. The zero-order valence-corrected chi connectivity index (χ0v) is 14.9. The summed E-state index contributed by atoms with van der Waals surface area (Å²) in [5.41, 5.74) is 1.31. The van der Waals surface area contributed by atoms with Crippen LogP contribution in [0.2, 0.25) is 0 Å². The van der Waals surface area contributed by atoms with E-state index in [-0.39, 0.29) is 5.91 Å². The van der Waals surface area contributed by atoms with Crippen molar-refractivity contribution in [3.8, 4) is 5.75 Å². The molecule has 1 aromatic carbocycles. The van der Waals surface area contributed by atoms with E-state index in [1.165, 1.54) is 0 Å². The Morgan fingerprint density at radius 1 is 1.42 bits per heavy atom. The van der Waals surface area contributed by atoms with Crippen molar-refractivity contribution in [2.75, 3.05) is 7.11 Å². The standard InChI is InChI=1S/C17H17BrN4O2/c1-22-8-7-19-16(22)15(12-5-3-4-6-14(12)24-2)21-17(23)13-9-11(18)10-20-13/h3-10,15,20H,1-2H3,(H,21,23). The van der Waals surface area contributed by atoms with Crippen LogP contribution in [0.1, 0.15) is 27.9 Å². The van der Waals surface area contributed by atoms with E-state index in [2.05, 4.69) is 31.2 Å². The number of benzene rings is 1. The lowest BCUT2D eigenvalue weighted by Gasteiger charge is -2.21. The summed E-state index contributed by atoms with van der Waals surface area (Å²) in [7, 11) is 3.50. The molecule has 2 N–H and O–H groups in total. The number of rotatable bonds is 5. The van der Waals surface area contributed by atoms with Gasteiger partial charge in [-0.05, 0) is 28.1 Å². The second kappa shape index (κ2) is 6.92. The molecule has 7 heteroatoms. The van der Waals surface area contributed by atoms with Gasteiger partial charge in [0.1, 0.15) is 23.3 Å². The third kappa shape index (κ3) is 3.21. The largest absolute Gasteiger partial charge is 0.496 e. The number of imidazole rings is 1. The first kappa shape index (κ1) is 16.3. The molecule has 0 bridgehead atoms. The van der Waals surface area contributed by atoms with E-state index in [1.807, 2.05) is 42.1 Å². The topological polar surface area (TPSA) is 71.9 Å². The van der Waals surface area contributed by atoms with Gasteiger partial charge >= 0.3 is 0 Å². The molecule has 0 spiro atoms. The van der Waals surface area contributed by atoms with Crippen molar-refractivity contribution in [2.24, 2.45) is 7.05 Å². The van der Waals surface area contributed by atoms with Crippen molar-refractivity contribution in [2.45, 2.75) is 6.04 Å². The third-order valence-corrected chi connectivity index (χ3v) is 4.19. The lowest BCUT2D eigenvalue weighted by atomic mass is 10.0. The zero-order chi connectivity index (χ0) is 17.1. The lowest BCUT2D eigenvalue weighted by molar-refractivity contribution is 0.0936. The van der Waals surface area contributed by atoms with Gasteiger partial charge in [-0.3, -0.25) is 4.79 Å². The van der Waals surface area contributed by atoms with Crippen molar-refractivity contribution in [1.82, 2.24) is 19.9 Å². The molecule has 1 unspecified atom stereocenters. The number of aryl methyl sites for hydroxylation is 1. The molecule has 2 heterocycles. The number of nitrogens with one attached hydrogen (secondary N) is 2. The fourth-order valence-corrected chi connectivity index (χ4v) is 2.89. The van der Waals surface area contributed by atoms with Crippen molar-refractivity contribution in [3.05, 3.63) is 70.5 Å². The first-order chi connectivity index (χ1) is 11.6. The van der Waals surface area contributed by atoms with Crippen LogP contribution < -0.4 is 10.1 Å². The maximum Gasteiger partial charge on any atom is 0.268 e. The number of hydrogen-bond acceptors (Lipinski definition) is 3. The van der Waals surface area contributed by atoms with Gasteiger partial charge in [-0.25, -0.2) is 4.98 Å². The highest BCUT2D eigenvalue weighted by molar-refractivity contribution is 9.10. The molecule has 6 nitrogen and oxygen atoms in total. The van der Waals surface area contributed by atoms with E-state index in [0.29, 0.717) is 11.4 Å². The number of para-hydroxylation sites is 1. The van der Waals surface area contributed by atoms with Crippen LogP contribution in [-0.2, 0) is 7.05 Å². The van der Waals surface area contributed by atoms with Crippen molar-refractivity contribution in [1.29, 1.82) is 0 Å². The van der Waals surface area contributed by atoms with Gasteiger partial charge in [0, 0.05) is 35.7 Å². The Bertz CT molecular complexity index is 856. The average molecular weight is 389 g/mol. The average Bonchev–Trinajstić information content (AvgIpc) is 3.21. The Balaban J connectivity index is 2.00. The highest BCUT2D eigenvalue weighted by Gasteiger charge is 2.24. The zero-order valence-electron chi connectivity index (χ0n) is 13.3. The van der Waals surface area contributed by atoms with E-state index >= 15 is 0 Å². The molecule has 2 aromatic heterocycles. The van der Waals surface area contributed by atoms with Crippen molar-refractivity contribution in [3.63, 3.8) is 0 Å². The minimum atomic E-state index is -0.435. The molecule has 1 atom stereocenters. The number of carbonyl (C=O) groups is 1. The van der Waals surface area contributed by atoms with E-state index in [4.69, 9.17) is 4.74 Å². The molecule has 0 aliphatic carbocycles. The highest BCUT2D eigenvalue weighted by atomic mass is 79.9. The van der Waals surface area contributed by atoms with Gasteiger partial charge in [-0.1, -0.05) is 18.2 Å². The van der Waals surface area contributed by atoms with Crippen LogP contribution in [0.5, 0.6) is 5.75 Å². The summed E-state index contributed by atoms with van der Waals surface area (Å²) in [6.07, 6.45) is 5.26. The number of H-pyrrole nitrogens is 1. The first-order valence-electron chi connectivity index (χ1n) is 7.35. The Hall–Kier alpha value is -2.54. The van der Waals surface area contributed by atoms with Gasteiger partial charge in [0.15, 0.2) is 0 Å². The number of amides is 1. The second-order valence-corrected chi connectivity index (χ2v) is 6.19. The maximum absolute atomic E-state index is 12.6. The molecule has 0 radical (unpaired) electrons. The van der Waals surface area contributed by atoms with Gasteiger partial charge in [0.25, 0.3) is 5.91 Å². The predicted octanol–water partition coefficient (Wildman–Crippen LogP) is 3.04. The summed E-state index contributed by atoms with van der Waals surface area (Å²) in [6.45, 7) is 0. The van der Waals surface area contributed by atoms with Gasteiger partial charge < -0.3 is 19.6 Å². The summed E-state index contributed by atoms with van der Waals surface area (Å²) < 4.78 is 8.15. The Morgan fingerprint density at radius 3 is 2.83 bits per heavy atom. The predicted molar refractivity (Wildman–Crippen MR) is 94.0 cm³/mol. The van der Waals surface area contributed by atoms with Crippen molar-refractivity contribution >= 4 is 21.8 Å². The van der Waals surface area contributed by atoms with Gasteiger partial charge in [-0.2, -0.15) is 0 Å². The van der Waals surface area contributed by atoms with E-state index in [9.17, 15) is 4.79 Å². The minimum absolute atomic E-state index is 0.223. The number of carbonyl (C=O) groups excluding carboxylic acids is 1. The fourth-order valence-electron chi connectivity index (χ4n) is 2.55. The second-order valence-electron chi connectivity index (χ2n) is 5.28. The number of aromatic nitrogens is 3. The van der Waals surface area contributed by atoms with Crippen LogP contribution in [0.3, 0.4) is 0 Å². The third-order valence-electron chi connectivity index (χ3n) is 3.73. The van der Waals surface area contributed by atoms with Crippen LogP contribution >= 0.6 is 15.9 Å². The monoisotopic (exact) mass is 388 g/mol. The SMILES string of the molecule is COc1ccccc1C(NC(=O)c1cc(Br)c[nH]1)c1nccn1C. The molecular weight excluding hydrogens is 372 g/mol. The van der Waals surface area contributed by atoms with E-state index in [1.54, 1.807) is 25.6 Å².